The van der Waals surface area contributed by atoms with Crippen molar-refractivity contribution in [2.45, 2.75) is 13.5 Å². The van der Waals surface area contributed by atoms with E-state index in [4.69, 9.17) is 10.2 Å². The molecular formula is C16H17N3O. The van der Waals surface area contributed by atoms with Gasteiger partial charge >= 0.3 is 0 Å². The molecule has 3 rings (SSSR count). The van der Waals surface area contributed by atoms with Crippen LogP contribution in [-0.4, -0.2) is 12.0 Å². The van der Waals surface area contributed by atoms with Gasteiger partial charge < -0.3 is 15.1 Å². The molecule has 3 aromatic rings. The molecule has 0 aliphatic heterocycles. The number of oxazole rings is 1. The lowest BCUT2D eigenvalue weighted by Gasteiger charge is -2.20. The van der Waals surface area contributed by atoms with E-state index in [1.165, 1.54) is 0 Å². The maximum Gasteiger partial charge on any atom is 0.192 e. The summed E-state index contributed by atoms with van der Waals surface area (Å²) in [5, 5.41) is 0. The molecule has 0 saturated carbocycles. The Balaban J connectivity index is 2.00. The second kappa shape index (κ2) is 4.98. The average Bonchev–Trinajstić information content (AvgIpc) is 2.85. The Hall–Kier alpha value is -2.33. The van der Waals surface area contributed by atoms with Crippen LogP contribution in [-0.2, 0) is 6.54 Å². The lowest BCUT2D eigenvalue weighted by atomic mass is 10.1. The van der Waals surface area contributed by atoms with Crippen molar-refractivity contribution in [2.24, 2.45) is 5.73 Å². The average molecular weight is 267 g/mol. The number of benzene rings is 2. The Morgan fingerprint density at radius 3 is 2.75 bits per heavy atom. The molecule has 0 radical (unpaired) electrons. The summed E-state index contributed by atoms with van der Waals surface area (Å²) in [6.07, 6.45) is 0. The SMILES string of the molecule is Cc1nc2ccc(N(C)c3cccc(CN)c3)cc2o1. The molecule has 1 aromatic heterocycles. The van der Waals surface area contributed by atoms with Crippen molar-refractivity contribution in [1.82, 2.24) is 4.98 Å². The molecule has 102 valence electrons. The highest BCUT2D eigenvalue weighted by Crippen LogP contribution is 2.27. The van der Waals surface area contributed by atoms with Crippen LogP contribution in [0, 0.1) is 6.92 Å². The predicted molar refractivity (Wildman–Crippen MR) is 81.1 cm³/mol. The maximum absolute atomic E-state index is 5.69. The fraction of sp³-hybridized carbons (Fsp3) is 0.188. The molecule has 0 fully saturated rings. The first-order valence-corrected chi connectivity index (χ1v) is 6.57. The van der Waals surface area contributed by atoms with Gasteiger partial charge in [0.05, 0.1) is 0 Å². The van der Waals surface area contributed by atoms with Gasteiger partial charge in [-0.1, -0.05) is 12.1 Å². The Labute approximate surface area is 117 Å². The first kappa shape index (κ1) is 12.7. The Kier molecular flexibility index (Phi) is 3.16. The predicted octanol–water partition coefficient (Wildman–Crippen LogP) is 3.36. The highest BCUT2D eigenvalue weighted by Gasteiger charge is 2.08. The zero-order valence-corrected chi connectivity index (χ0v) is 11.6. The molecule has 4 heteroatoms. The van der Waals surface area contributed by atoms with E-state index in [1.54, 1.807) is 0 Å². The van der Waals surface area contributed by atoms with Crippen LogP contribution in [0.15, 0.2) is 46.9 Å². The lowest BCUT2D eigenvalue weighted by molar-refractivity contribution is 0.561. The van der Waals surface area contributed by atoms with Gasteiger partial charge in [-0.25, -0.2) is 4.98 Å². The zero-order chi connectivity index (χ0) is 14.1. The Bertz CT molecular complexity index is 748. The van der Waals surface area contributed by atoms with E-state index in [0.29, 0.717) is 12.4 Å². The molecule has 0 saturated heterocycles. The molecule has 1 heterocycles. The molecule has 2 N–H and O–H groups in total. The number of aromatic nitrogens is 1. The zero-order valence-electron chi connectivity index (χ0n) is 11.6. The smallest absolute Gasteiger partial charge is 0.192 e. The number of hydrogen-bond acceptors (Lipinski definition) is 4. The van der Waals surface area contributed by atoms with Gasteiger partial charge in [0.15, 0.2) is 11.5 Å². The molecule has 0 atom stereocenters. The third kappa shape index (κ3) is 2.26. The number of fused-ring (bicyclic) bond motifs is 1. The highest BCUT2D eigenvalue weighted by atomic mass is 16.3. The van der Waals surface area contributed by atoms with E-state index in [-0.39, 0.29) is 0 Å². The van der Waals surface area contributed by atoms with Crippen LogP contribution in [0.1, 0.15) is 11.5 Å². The Morgan fingerprint density at radius 1 is 1.15 bits per heavy atom. The van der Waals surface area contributed by atoms with E-state index in [0.717, 1.165) is 28.0 Å². The minimum atomic E-state index is 0.544. The minimum Gasteiger partial charge on any atom is -0.441 e. The number of nitrogens with two attached hydrogens (primary N) is 1. The number of nitrogens with zero attached hydrogens (tertiary/aromatic N) is 2. The summed E-state index contributed by atoms with van der Waals surface area (Å²) in [7, 11) is 2.03. The summed E-state index contributed by atoms with van der Waals surface area (Å²) in [5.41, 5.74) is 10.7. The van der Waals surface area contributed by atoms with Gasteiger partial charge in [-0.3, -0.25) is 0 Å². The quantitative estimate of drug-likeness (QED) is 0.790. The van der Waals surface area contributed by atoms with Crippen LogP contribution in [0.5, 0.6) is 0 Å². The second-order valence-corrected chi connectivity index (χ2v) is 4.82. The molecule has 0 amide bonds. The number of rotatable bonds is 3. The monoisotopic (exact) mass is 267 g/mol. The fourth-order valence-electron chi connectivity index (χ4n) is 2.28. The van der Waals surface area contributed by atoms with Crippen molar-refractivity contribution in [3.05, 3.63) is 53.9 Å². The normalized spacial score (nSPS) is 10.9. The van der Waals surface area contributed by atoms with Gasteiger partial charge in [-0.05, 0) is 29.8 Å². The van der Waals surface area contributed by atoms with Crippen LogP contribution in [0.2, 0.25) is 0 Å². The number of aryl methyl sites for hydroxylation is 1. The van der Waals surface area contributed by atoms with E-state index >= 15 is 0 Å². The fourth-order valence-corrected chi connectivity index (χ4v) is 2.28. The summed E-state index contributed by atoms with van der Waals surface area (Å²) in [5.74, 6) is 0.685. The molecule has 0 aliphatic carbocycles. The van der Waals surface area contributed by atoms with Gasteiger partial charge in [-0.2, -0.15) is 0 Å². The Morgan fingerprint density at radius 2 is 1.95 bits per heavy atom. The van der Waals surface area contributed by atoms with Crippen LogP contribution >= 0.6 is 0 Å². The number of anilines is 2. The third-order valence-corrected chi connectivity index (χ3v) is 3.40. The third-order valence-electron chi connectivity index (χ3n) is 3.40. The molecule has 4 nitrogen and oxygen atoms in total. The van der Waals surface area contributed by atoms with Crippen molar-refractivity contribution in [3.8, 4) is 0 Å². The van der Waals surface area contributed by atoms with Crippen molar-refractivity contribution in [1.29, 1.82) is 0 Å². The maximum atomic E-state index is 5.69. The van der Waals surface area contributed by atoms with Gasteiger partial charge in [-0.15, -0.1) is 0 Å². The van der Waals surface area contributed by atoms with E-state index in [2.05, 4.69) is 22.0 Å². The minimum absolute atomic E-state index is 0.544. The van der Waals surface area contributed by atoms with Crippen LogP contribution in [0.25, 0.3) is 11.1 Å². The lowest BCUT2D eigenvalue weighted by Crippen LogP contribution is -2.10. The molecule has 20 heavy (non-hydrogen) atoms. The van der Waals surface area contributed by atoms with E-state index < -0.39 is 0 Å². The van der Waals surface area contributed by atoms with Crippen molar-refractivity contribution < 1.29 is 4.42 Å². The number of hydrogen-bond donors (Lipinski definition) is 1. The van der Waals surface area contributed by atoms with Crippen molar-refractivity contribution in [2.75, 3.05) is 11.9 Å². The molecule has 0 aliphatic rings. The second-order valence-electron chi connectivity index (χ2n) is 4.82. The van der Waals surface area contributed by atoms with Gasteiger partial charge in [0.25, 0.3) is 0 Å². The van der Waals surface area contributed by atoms with Gasteiger partial charge in [0.2, 0.25) is 0 Å². The summed E-state index contributed by atoms with van der Waals surface area (Å²) in [6, 6.07) is 14.2. The topological polar surface area (TPSA) is 55.3 Å². The highest BCUT2D eigenvalue weighted by molar-refractivity contribution is 5.79. The first-order valence-electron chi connectivity index (χ1n) is 6.57. The summed E-state index contributed by atoms with van der Waals surface area (Å²) in [6.45, 7) is 2.40. The molecule has 0 spiro atoms. The molecule has 0 unspecified atom stereocenters. The molecule has 2 aromatic carbocycles. The molecular weight excluding hydrogens is 250 g/mol. The van der Waals surface area contributed by atoms with Crippen molar-refractivity contribution in [3.63, 3.8) is 0 Å². The van der Waals surface area contributed by atoms with Crippen LogP contribution in [0.4, 0.5) is 11.4 Å². The van der Waals surface area contributed by atoms with Crippen LogP contribution < -0.4 is 10.6 Å². The van der Waals surface area contributed by atoms with Crippen molar-refractivity contribution >= 4 is 22.5 Å². The first-order chi connectivity index (χ1) is 9.67. The van der Waals surface area contributed by atoms with E-state index in [9.17, 15) is 0 Å². The summed E-state index contributed by atoms with van der Waals surface area (Å²) >= 11 is 0. The van der Waals surface area contributed by atoms with E-state index in [1.807, 2.05) is 44.3 Å². The summed E-state index contributed by atoms with van der Waals surface area (Å²) in [4.78, 5) is 6.42. The standard InChI is InChI=1S/C16H17N3O/c1-11-18-15-7-6-14(9-16(15)20-11)19(2)13-5-3-4-12(8-13)10-17/h3-9H,10,17H2,1-2H3. The molecule has 0 bridgehead atoms. The largest absolute Gasteiger partial charge is 0.441 e. The van der Waals surface area contributed by atoms with Gasteiger partial charge in [0.1, 0.15) is 5.52 Å². The summed E-state index contributed by atoms with van der Waals surface area (Å²) < 4.78 is 5.58. The van der Waals surface area contributed by atoms with Crippen LogP contribution in [0.3, 0.4) is 0 Å². The van der Waals surface area contributed by atoms with Gasteiger partial charge in [0, 0.05) is 38.0 Å².